The zero-order valence-electron chi connectivity index (χ0n) is 17.3. The third-order valence-electron chi connectivity index (χ3n) is 5.45. The molecular formula is C23H25ClN4O2S. The average Bonchev–Trinajstić information content (AvgIpc) is 3.45. The van der Waals surface area contributed by atoms with E-state index in [1.807, 2.05) is 30.3 Å². The van der Waals surface area contributed by atoms with Crippen LogP contribution in [0.4, 0.5) is 5.69 Å². The van der Waals surface area contributed by atoms with Crippen molar-refractivity contribution in [1.82, 2.24) is 15.2 Å². The Morgan fingerprint density at radius 1 is 1.26 bits per heavy atom. The molecule has 1 aromatic heterocycles. The number of nitrogens with one attached hydrogen (secondary N) is 2. The molecule has 1 aliphatic carbocycles. The maximum Gasteiger partial charge on any atom is 0.242 e. The number of rotatable bonds is 8. The van der Waals surface area contributed by atoms with Gasteiger partial charge in [-0.1, -0.05) is 79.4 Å². The second-order valence-corrected chi connectivity index (χ2v) is 9.15. The van der Waals surface area contributed by atoms with Crippen LogP contribution in [0.15, 0.2) is 53.7 Å². The Bertz CT molecular complexity index is 1020. The summed E-state index contributed by atoms with van der Waals surface area (Å²) in [5.41, 5.74) is 1.49. The predicted molar refractivity (Wildman–Crippen MR) is 124 cm³/mol. The van der Waals surface area contributed by atoms with Crippen LogP contribution in [0.2, 0.25) is 5.02 Å². The zero-order valence-corrected chi connectivity index (χ0v) is 18.9. The smallest absolute Gasteiger partial charge is 0.242 e. The summed E-state index contributed by atoms with van der Waals surface area (Å²) in [5.74, 6) is 1.96. The van der Waals surface area contributed by atoms with E-state index in [-0.39, 0.29) is 5.91 Å². The minimum atomic E-state index is -0.503. The van der Waals surface area contributed by atoms with Gasteiger partial charge in [-0.25, -0.2) is 4.98 Å². The zero-order chi connectivity index (χ0) is 21.6. The summed E-state index contributed by atoms with van der Waals surface area (Å²) >= 11 is 7.54. The minimum Gasteiger partial charge on any atom is -0.495 e. The van der Waals surface area contributed by atoms with E-state index in [2.05, 4.69) is 20.5 Å². The summed E-state index contributed by atoms with van der Waals surface area (Å²) in [6.45, 7) is 0. The standard InChI is InChI=1S/C23H25ClN4O2S/c1-30-19-12-11-17(14-18(19)24)25-22(29)21(16-9-3-2-4-10-16)31-23-26-20(27-28-23)13-15-7-5-6-8-15/h2-4,9-12,14-15,21H,5-8,13H2,1H3,(H,25,29)(H,26,27,28). The molecule has 1 saturated carbocycles. The molecule has 0 radical (unpaired) electrons. The topological polar surface area (TPSA) is 79.9 Å². The molecule has 0 spiro atoms. The second kappa shape index (κ2) is 10.2. The molecule has 2 N–H and O–H groups in total. The van der Waals surface area contributed by atoms with Crippen LogP contribution in [0.3, 0.4) is 0 Å². The van der Waals surface area contributed by atoms with Crippen molar-refractivity contribution in [3.8, 4) is 5.75 Å². The summed E-state index contributed by atoms with van der Waals surface area (Å²) in [5, 5.41) is 10.9. The quantitative estimate of drug-likeness (QED) is 0.427. The lowest BCUT2D eigenvalue weighted by atomic mass is 10.0. The molecule has 1 amide bonds. The van der Waals surface area contributed by atoms with E-state index in [9.17, 15) is 4.79 Å². The van der Waals surface area contributed by atoms with Crippen LogP contribution < -0.4 is 10.1 Å². The fourth-order valence-corrected chi connectivity index (χ4v) is 5.06. The average molecular weight is 457 g/mol. The first-order chi connectivity index (χ1) is 15.1. The van der Waals surface area contributed by atoms with Crippen molar-refractivity contribution < 1.29 is 9.53 Å². The number of carbonyl (C=O) groups is 1. The molecule has 162 valence electrons. The number of thioether (sulfide) groups is 1. The number of methoxy groups -OCH3 is 1. The van der Waals surface area contributed by atoms with Crippen LogP contribution in [-0.4, -0.2) is 28.2 Å². The van der Waals surface area contributed by atoms with Crippen LogP contribution >= 0.6 is 23.4 Å². The largest absolute Gasteiger partial charge is 0.495 e. The molecule has 2 aromatic carbocycles. The molecule has 0 aliphatic heterocycles. The van der Waals surface area contributed by atoms with Crippen molar-refractivity contribution in [3.05, 3.63) is 64.9 Å². The first-order valence-corrected chi connectivity index (χ1v) is 11.7. The van der Waals surface area contributed by atoms with Gasteiger partial charge in [0.05, 0.1) is 12.1 Å². The summed E-state index contributed by atoms with van der Waals surface area (Å²) in [7, 11) is 1.55. The van der Waals surface area contributed by atoms with Crippen molar-refractivity contribution in [2.75, 3.05) is 12.4 Å². The Labute approximate surface area is 191 Å². The van der Waals surface area contributed by atoms with Crippen molar-refractivity contribution in [3.63, 3.8) is 0 Å². The number of halogens is 1. The van der Waals surface area contributed by atoms with Gasteiger partial charge in [0.15, 0.2) is 0 Å². The number of amides is 1. The lowest BCUT2D eigenvalue weighted by molar-refractivity contribution is -0.115. The van der Waals surface area contributed by atoms with Crippen LogP contribution in [0, 0.1) is 5.92 Å². The van der Waals surface area contributed by atoms with Gasteiger partial charge in [0.1, 0.15) is 16.8 Å². The third-order valence-corrected chi connectivity index (χ3v) is 6.86. The number of H-pyrrole nitrogens is 1. The van der Waals surface area contributed by atoms with Crippen molar-refractivity contribution in [2.24, 2.45) is 5.92 Å². The SMILES string of the molecule is COc1ccc(NC(=O)C(Sc2n[nH]c(CC3CCCC3)n2)c2ccccc2)cc1Cl. The summed E-state index contributed by atoms with van der Waals surface area (Å²) in [4.78, 5) is 17.8. The van der Waals surface area contributed by atoms with Gasteiger partial charge in [0.2, 0.25) is 11.1 Å². The lowest BCUT2D eigenvalue weighted by Crippen LogP contribution is -2.19. The molecular weight excluding hydrogens is 432 g/mol. The maximum atomic E-state index is 13.2. The fourth-order valence-electron chi connectivity index (χ4n) is 3.87. The summed E-state index contributed by atoms with van der Waals surface area (Å²) in [6.07, 6.45) is 6.02. The number of hydrogen-bond donors (Lipinski definition) is 2. The van der Waals surface area contributed by atoms with E-state index < -0.39 is 5.25 Å². The highest BCUT2D eigenvalue weighted by Gasteiger charge is 2.25. The van der Waals surface area contributed by atoms with Crippen LogP contribution in [0.1, 0.15) is 42.3 Å². The Morgan fingerprint density at radius 3 is 2.74 bits per heavy atom. The molecule has 1 aliphatic rings. The normalized spacial score (nSPS) is 15.0. The molecule has 0 saturated heterocycles. The highest BCUT2D eigenvalue weighted by Crippen LogP contribution is 2.36. The van der Waals surface area contributed by atoms with Crippen LogP contribution in [0.5, 0.6) is 5.75 Å². The fraction of sp³-hybridized carbons (Fsp3) is 0.348. The Morgan fingerprint density at radius 2 is 2.03 bits per heavy atom. The van der Waals surface area contributed by atoms with Gasteiger partial charge < -0.3 is 10.1 Å². The summed E-state index contributed by atoms with van der Waals surface area (Å²) < 4.78 is 5.18. The molecule has 1 fully saturated rings. The number of nitrogens with zero attached hydrogens (tertiary/aromatic N) is 2. The highest BCUT2D eigenvalue weighted by atomic mass is 35.5. The molecule has 4 rings (SSSR count). The van der Waals surface area contributed by atoms with Crippen molar-refractivity contribution in [2.45, 2.75) is 42.5 Å². The number of benzene rings is 2. The van der Waals surface area contributed by atoms with Gasteiger partial charge in [-0.3, -0.25) is 9.89 Å². The molecule has 1 unspecified atom stereocenters. The number of aromatic nitrogens is 3. The molecule has 31 heavy (non-hydrogen) atoms. The molecule has 1 atom stereocenters. The van der Waals surface area contributed by atoms with Crippen molar-refractivity contribution >= 4 is 35.0 Å². The van der Waals surface area contributed by atoms with E-state index >= 15 is 0 Å². The van der Waals surface area contributed by atoms with E-state index in [0.29, 0.717) is 27.5 Å². The number of hydrogen-bond acceptors (Lipinski definition) is 5. The molecule has 8 heteroatoms. The first-order valence-electron chi connectivity index (χ1n) is 10.4. The Balaban J connectivity index is 1.50. The van der Waals surface area contributed by atoms with E-state index in [1.54, 1.807) is 25.3 Å². The molecule has 0 bridgehead atoms. The second-order valence-electron chi connectivity index (χ2n) is 7.67. The van der Waals surface area contributed by atoms with E-state index in [0.717, 1.165) is 17.8 Å². The Hall–Kier alpha value is -2.51. The number of ether oxygens (including phenoxy) is 1. The Kier molecular flexibility index (Phi) is 7.14. The van der Waals surface area contributed by atoms with Gasteiger partial charge >= 0.3 is 0 Å². The van der Waals surface area contributed by atoms with Crippen LogP contribution in [0.25, 0.3) is 0 Å². The molecule has 3 aromatic rings. The molecule has 6 nitrogen and oxygen atoms in total. The number of carbonyl (C=O) groups excluding carboxylic acids is 1. The van der Waals surface area contributed by atoms with Gasteiger partial charge in [-0.2, -0.15) is 0 Å². The van der Waals surface area contributed by atoms with Gasteiger partial charge in [-0.15, -0.1) is 5.10 Å². The van der Waals surface area contributed by atoms with Crippen LogP contribution in [-0.2, 0) is 11.2 Å². The maximum absolute atomic E-state index is 13.2. The highest BCUT2D eigenvalue weighted by molar-refractivity contribution is 8.00. The molecule has 1 heterocycles. The lowest BCUT2D eigenvalue weighted by Gasteiger charge is -2.16. The minimum absolute atomic E-state index is 0.167. The summed E-state index contributed by atoms with van der Waals surface area (Å²) in [6, 6.07) is 14.8. The predicted octanol–water partition coefficient (Wildman–Crippen LogP) is 5.67. The number of anilines is 1. The van der Waals surface area contributed by atoms with Gasteiger partial charge in [0.25, 0.3) is 0 Å². The first kappa shape index (κ1) is 21.7. The number of aromatic amines is 1. The van der Waals surface area contributed by atoms with E-state index in [1.165, 1.54) is 37.4 Å². The van der Waals surface area contributed by atoms with Gasteiger partial charge in [0, 0.05) is 12.1 Å². The monoisotopic (exact) mass is 456 g/mol. The third kappa shape index (κ3) is 5.60. The van der Waals surface area contributed by atoms with E-state index in [4.69, 9.17) is 16.3 Å². The van der Waals surface area contributed by atoms with Crippen molar-refractivity contribution in [1.29, 1.82) is 0 Å². The van der Waals surface area contributed by atoms with Gasteiger partial charge in [-0.05, 0) is 29.7 Å².